The Bertz CT molecular complexity index is 200. The number of hydrogen-bond acceptors (Lipinski definition) is 1. The summed E-state index contributed by atoms with van der Waals surface area (Å²) in [5.41, 5.74) is 0. The molecule has 1 aliphatic heterocycles. The molecule has 0 radical (unpaired) electrons. The standard InChI is InChI=1S/C11H19NO/c1-4-10-7-6-9(3)12(8-10)11(13)5-2/h5,9-10H,2,4,6-8H2,1,3H3/t9-,10+/m0/s1. The number of carbonyl (C=O) groups excluding carboxylic acids is 1. The molecule has 2 heteroatoms. The van der Waals surface area contributed by atoms with E-state index < -0.39 is 0 Å². The van der Waals surface area contributed by atoms with E-state index in [0.29, 0.717) is 12.0 Å². The van der Waals surface area contributed by atoms with Crippen LogP contribution in [0.15, 0.2) is 12.7 Å². The highest BCUT2D eigenvalue weighted by atomic mass is 16.2. The Kier molecular flexibility index (Phi) is 3.52. The monoisotopic (exact) mass is 181 g/mol. The van der Waals surface area contributed by atoms with Crippen LogP contribution in [0.2, 0.25) is 0 Å². The second-order valence-electron chi connectivity index (χ2n) is 3.90. The van der Waals surface area contributed by atoms with Gasteiger partial charge in [-0.2, -0.15) is 0 Å². The number of amides is 1. The van der Waals surface area contributed by atoms with Gasteiger partial charge in [-0.05, 0) is 31.8 Å². The number of hydrogen-bond donors (Lipinski definition) is 0. The molecule has 0 aromatic carbocycles. The second kappa shape index (κ2) is 4.45. The summed E-state index contributed by atoms with van der Waals surface area (Å²) >= 11 is 0. The topological polar surface area (TPSA) is 20.3 Å². The maximum Gasteiger partial charge on any atom is 0.246 e. The lowest BCUT2D eigenvalue weighted by Crippen LogP contribution is -2.44. The predicted molar refractivity (Wildman–Crippen MR) is 54.4 cm³/mol. The average molecular weight is 181 g/mol. The van der Waals surface area contributed by atoms with Crippen molar-refractivity contribution < 1.29 is 4.79 Å². The highest BCUT2D eigenvalue weighted by molar-refractivity contribution is 5.87. The first-order chi connectivity index (χ1) is 6.19. The third-order valence-electron chi connectivity index (χ3n) is 3.01. The van der Waals surface area contributed by atoms with Crippen molar-refractivity contribution in [1.82, 2.24) is 4.90 Å². The molecule has 1 fully saturated rings. The van der Waals surface area contributed by atoms with Crippen LogP contribution >= 0.6 is 0 Å². The summed E-state index contributed by atoms with van der Waals surface area (Å²) in [5, 5.41) is 0. The lowest BCUT2D eigenvalue weighted by Gasteiger charge is -2.37. The fraction of sp³-hybridized carbons (Fsp3) is 0.727. The van der Waals surface area contributed by atoms with Gasteiger partial charge in [-0.1, -0.05) is 19.9 Å². The van der Waals surface area contributed by atoms with Crippen LogP contribution < -0.4 is 0 Å². The van der Waals surface area contributed by atoms with Gasteiger partial charge in [-0.15, -0.1) is 0 Å². The van der Waals surface area contributed by atoms with Crippen molar-refractivity contribution in [2.45, 2.75) is 39.2 Å². The Morgan fingerprint density at radius 3 is 2.85 bits per heavy atom. The van der Waals surface area contributed by atoms with E-state index in [2.05, 4.69) is 20.4 Å². The van der Waals surface area contributed by atoms with Crippen molar-refractivity contribution in [3.05, 3.63) is 12.7 Å². The van der Waals surface area contributed by atoms with Gasteiger partial charge in [0.15, 0.2) is 0 Å². The number of rotatable bonds is 2. The molecule has 0 aromatic heterocycles. The summed E-state index contributed by atoms with van der Waals surface area (Å²) in [5.74, 6) is 0.783. The first-order valence-electron chi connectivity index (χ1n) is 5.12. The predicted octanol–water partition coefficient (Wildman–Crippen LogP) is 2.21. The molecule has 0 aliphatic carbocycles. The third kappa shape index (κ3) is 2.33. The minimum absolute atomic E-state index is 0.0886. The molecule has 1 aliphatic rings. The summed E-state index contributed by atoms with van der Waals surface area (Å²) < 4.78 is 0. The Morgan fingerprint density at radius 1 is 1.62 bits per heavy atom. The van der Waals surface area contributed by atoms with Gasteiger partial charge in [0.25, 0.3) is 0 Å². The van der Waals surface area contributed by atoms with Gasteiger partial charge in [-0.3, -0.25) is 4.79 Å². The summed E-state index contributed by atoms with van der Waals surface area (Å²) in [6, 6.07) is 0.397. The Hall–Kier alpha value is -0.790. The average Bonchev–Trinajstić information content (AvgIpc) is 2.17. The lowest BCUT2D eigenvalue weighted by molar-refractivity contribution is -0.130. The van der Waals surface area contributed by atoms with Gasteiger partial charge in [0.1, 0.15) is 0 Å². The Balaban J connectivity index is 2.59. The van der Waals surface area contributed by atoms with E-state index in [1.54, 1.807) is 0 Å². The zero-order valence-corrected chi connectivity index (χ0v) is 8.62. The van der Waals surface area contributed by atoms with E-state index in [1.807, 2.05) is 4.90 Å². The van der Waals surface area contributed by atoms with Crippen LogP contribution in [0.25, 0.3) is 0 Å². The highest BCUT2D eigenvalue weighted by Gasteiger charge is 2.26. The van der Waals surface area contributed by atoms with Gasteiger partial charge in [0.05, 0.1) is 0 Å². The molecule has 0 unspecified atom stereocenters. The third-order valence-corrected chi connectivity index (χ3v) is 3.01. The smallest absolute Gasteiger partial charge is 0.246 e. The molecule has 1 rings (SSSR count). The zero-order chi connectivity index (χ0) is 9.84. The molecule has 1 saturated heterocycles. The van der Waals surface area contributed by atoms with Crippen LogP contribution in [-0.2, 0) is 4.79 Å². The van der Waals surface area contributed by atoms with E-state index >= 15 is 0 Å². The van der Waals surface area contributed by atoms with E-state index in [1.165, 1.54) is 18.9 Å². The first-order valence-corrected chi connectivity index (χ1v) is 5.12. The van der Waals surface area contributed by atoms with Gasteiger partial charge in [0, 0.05) is 12.6 Å². The zero-order valence-electron chi connectivity index (χ0n) is 8.62. The largest absolute Gasteiger partial charge is 0.336 e. The Morgan fingerprint density at radius 2 is 2.31 bits per heavy atom. The number of carbonyl (C=O) groups is 1. The van der Waals surface area contributed by atoms with Gasteiger partial charge >= 0.3 is 0 Å². The lowest BCUT2D eigenvalue weighted by atomic mass is 9.91. The van der Waals surface area contributed by atoms with Crippen LogP contribution in [0.1, 0.15) is 33.1 Å². The molecule has 1 amide bonds. The molecule has 0 aromatic rings. The van der Waals surface area contributed by atoms with E-state index in [0.717, 1.165) is 13.0 Å². The van der Waals surface area contributed by atoms with Crippen LogP contribution in [0.3, 0.4) is 0 Å². The molecule has 0 N–H and O–H groups in total. The molecule has 1 heterocycles. The molecule has 0 saturated carbocycles. The van der Waals surface area contributed by atoms with Gasteiger partial charge < -0.3 is 4.90 Å². The van der Waals surface area contributed by atoms with Crippen molar-refractivity contribution in [2.75, 3.05) is 6.54 Å². The van der Waals surface area contributed by atoms with E-state index in [-0.39, 0.29) is 5.91 Å². The second-order valence-corrected chi connectivity index (χ2v) is 3.90. The number of likely N-dealkylation sites (tertiary alicyclic amines) is 1. The molecule has 0 bridgehead atoms. The maximum absolute atomic E-state index is 11.4. The Labute approximate surface area is 80.6 Å². The molecular formula is C11H19NO. The molecular weight excluding hydrogens is 162 g/mol. The minimum atomic E-state index is 0.0886. The van der Waals surface area contributed by atoms with Crippen molar-refractivity contribution in [3.63, 3.8) is 0 Å². The molecule has 2 nitrogen and oxygen atoms in total. The van der Waals surface area contributed by atoms with Crippen molar-refractivity contribution in [3.8, 4) is 0 Å². The summed E-state index contributed by atoms with van der Waals surface area (Å²) in [4.78, 5) is 13.4. The summed E-state index contributed by atoms with van der Waals surface area (Å²) in [7, 11) is 0. The van der Waals surface area contributed by atoms with Crippen molar-refractivity contribution in [1.29, 1.82) is 0 Å². The fourth-order valence-corrected chi connectivity index (χ4v) is 1.94. The highest BCUT2D eigenvalue weighted by Crippen LogP contribution is 2.23. The van der Waals surface area contributed by atoms with Crippen LogP contribution in [0.5, 0.6) is 0 Å². The SMILES string of the molecule is C=CC(=O)N1C[C@H](CC)CC[C@@H]1C. The first kappa shape index (κ1) is 10.3. The number of piperidine rings is 1. The van der Waals surface area contributed by atoms with E-state index in [9.17, 15) is 4.79 Å². The maximum atomic E-state index is 11.4. The summed E-state index contributed by atoms with van der Waals surface area (Å²) in [6.45, 7) is 8.76. The molecule has 74 valence electrons. The fourth-order valence-electron chi connectivity index (χ4n) is 1.94. The number of nitrogens with zero attached hydrogens (tertiary/aromatic N) is 1. The van der Waals surface area contributed by atoms with Crippen LogP contribution in [0.4, 0.5) is 0 Å². The quantitative estimate of drug-likeness (QED) is 0.598. The minimum Gasteiger partial charge on any atom is -0.336 e. The van der Waals surface area contributed by atoms with Crippen molar-refractivity contribution in [2.24, 2.45) is 5.92 Å². The van der Waals surface area contributed by atoms with Crippen LogP contribution in [0, 0.1) is 5.92 Å². The van der Waals surface area contributed by atoms with Crippen molar-refractivity contribution >= 4 is 5.91 Å². The van der Waals surface area contributed by atoms with Crippen LogP contribution in [-0.4, -0.2) is 23.4 Å². The molecule has 13 heavy (non-hydrogen) atoms. The summed E-state index contributed by atoms with van der Waals surface area (Å²) in [6.07, 6.45) is 5.00. The molecule has 0 spiro atoms. The normalized spacial score (nSPS) is 28.6. The molecule has 2 atom stereocenters. The van der Waals surface area contributed by atoms with Gasteiger partial charge in [-0.25, -0.2) is 0 Å². The van der Waals surface area contributed by atoms with Gasteiger partial charge in [0.2, 0.25) is 5.91 Å². The van der Waals surface area contributed by atoms with E-state index in [4.69, 9.17) is 0 Å².